The fourth-order valence-corrected chi connectivity index (χ4v) is 5.61. The Morgan fingerprint density at radius 2 is 2.00 bits per heavy atom. The molecule has 0 aliphatic carbocycles. The van der Waals surface area contributed by atoms with Crippen LogP contribution in [0.15, 0.2) is 24.3 Å². The number of piperidine rings is 1. The quantitative estimate of drug-likeness (QED) is 0.722. The summed E-state index contributed by atoms with van der Waals surface area (Å²) in [6, 6.07) is 7.04. The molecule has 8 heteroatoms. The van der Waals surface area contributed by atoms with Gasteiger partial charge < -0.3 is 15.7 Å². The number of aliphatic hydroxyl groups excluding tert-OH is 1. The third-order valence-corrected chi connectivity index (χ3v) is 6.87. The Labute approximate surface area is 154 Å². The number of anilines is 1. The molecule has 2 heterocycles. The Hall–Kier alpha value is -1.64. The summed E-state index contributed by atoms with van der Waals surface area (Å²) in [6.07, 6.45) is 1.11. The summed E-state index contributed by atoms with van der Waals surface area (Å²) in [7, 11) is -3.15. The number of aliphatic hydroxyl groups is 1. The number of nitrogens with one attached hydrogen (secondary N) is 2. The number of carbonyl (C=O) groups excluding carboxylic acids is 1. The topological polar surface area (TPSA) is 98.7 Å². The van der Waals surface area contributed by atoms with E-state index in [2.05, 4.69) is 15.5 Å². The van der Waals surface area contributed by atoms with Crippen molar-refractivity contribution in [1.82, 2.24) is 10.2 Å². The van der Waals surface area contributed by atoms with E-state index in [0.717, 1.165) is 30.6 Å². The molecule has 2 amide bonds. The summed E-state index contributed by atoms with van der Waals surface area (Å²) in [5.41, 5.74) is 1.88. The fraction of sp³-hybridized carbons (Fsp3) is 0.611. The lowest BCUT2D eigenvalue weighted by Gasteiger charge is -2.37. The smallest absolute Gasteiger partial charge is 0.319 e. The van der Waals surface area contributed by atoms with Crippen molar-refractivity contribution in [2.24, 2.45) is 5.92 Å². The molecule has 2 fully saturated rings. The number of hydrogen-bond donors (Lipinski definition) is 3. The molecule has 144 valence electrons. The van der Waals surface area contributed by atoms with Crippen LogP contribution in [-0.4, -0.2) is 67.7 Å². The monoisotopic (exact) mass is 381 g/mol. The van der Waals surface area contributed by atoms with Gasteiger partial charge in [0.25, 0.3) is 0 Å². The predicted octanol–water partition coefficient (Wildman–Crippen LogP) is 0.986. The number of likely N-dealkylation sites (tertiary alicyclic amines) is 1. The van der Waals surface area contributed by atoms with E-state index in [1.165, 1.54) is 0 Å². The number of carbonyl (C=O) groups is 1. The van der Waals surface area contributed by atoms with Gasteiger partial charge in [0.05, 0.1) is 23.7 Å². The van der Waals surface area contributed by atoms with Crippen molar-refractivity contribution >= 4 is 21.6 Å². The number of aryl methyl sites for hydroxylation is 1. The van der Waals surface area contributed by atoms with Crippen molar-refractivity contribution in [3.8, 4) is 0 Å². The van der Waals surface area contributed by atoms with Crippen molar-refractivity contribution in [3.05, 3.63) is 29.8 Å². The first-order chi connectivity index (χ1) is 12.3. The van der Waals surface area contributed by atoms with Gasteiger partial charge in [0.2, 0.25) is 0 Å². The molecule has 0 aromatic heterocycles. The zero-order valence-electron chi connectivity index (χ0n) is 15.0. The normalized spacial score (nSPS) is 28.6. The number of nitrogens with zero attached hydrogens (tertiary/aromatic N) is 1. The number of sulfone groups is 1. The largest absolute Gasteiger partial charge is 0.390 e. The minimum absolute atomic E-state index is 0.0300. The van der Waals surface area contributed by atoms with E-state index in [1.807, 2.05) is 31.2 Å². The molecule has 2 aliphatic rings. The Bertz CT molecular complexity index is 735. The van der Waals surface area contributed by atoms with Gasteiger partial charge in [0, 0.05) is 18.8 Å². The third-order valence-electron chi connectivity index (χ3n) is 5.17. The van der Waals surface area contributed by atoms with E-state index in [-0.39, 0.29) is 29.5 Å². The van der Waals surface area contributed by atoms with Crippen LogP contribution in [0.2, 0.25) is 0 Å². The van der Waals surface area contributed by atoms with E-state index >= 15 is 0 Å². The highest BCUT2D eigenvalue weighted by molar-refractivity contribution is 7.91. The Morgan fingerprint density at radius 3 is 2.65 bits per heavy atom. The van der Waals surface area contributed by atoms with Gasteiger partial charge in [-0.15, -0.1) is 0 Å². The van der Waals surface area contributed by atoms with Crippen LogP contribution in [0, 0.1) is 12.8 Å². The number of rotatable bonds is 4. The molecule has 2 unspecified atom stereocenters. The van der Waals surface area contributed by atoms with E-state index in [1.54, 1.807) is 0 Å². The van der Waals surface area contributed by atoms with Gasteiger partial charge in [-0.3, -0.25) is 4.90 Å². The minimum Gasteiger partial charge on any atom is -0.390 e. The summed E-state index contributed by atoms with van der Waals surface area (Å²) >= 11 is 0. The van der Waals surface area contributed by atoms with E-state index in [9.17, 15) is 18.3 Å². The molecular formula is C18H27N3O4S. The van der Waals surface area contributed by atoms with Crippen molar-refractivity contribution in [3.63, 3.8) is 0 Å². The summed E-state index contributed by atoms with van der Waals surface area (Å²) in [6.45, 7) is 4.01. The number of amides is 2. The molecular weight excluding hydrogens is 354 g/mol. The van der Waals surface area contributed by atoms with Gasteiger partial charge in [-0.1, -0.05) is 17.7 Å². The maximum atomic E-state index is 12.1. The molecule has 1 aromatic rings. The van der Waals surface area contributed by atoms with Gasteiger partial charge in [0.15, 0.2) is 9.84 Å². The van der Waals surface area contributed by atoms with Crippen molar-refractivity contribution in [2.45, 2.75) is 31.9 Å². The van der Waals surface area contributed by atoms with E-state index in [4.69, 9.17) is 0 Å². The first-order valence-electron chi connectivity index (χ1n) is 9.06. The predicted molar refractivity (Wildman–Crippen MR) is 101 cm³/mol. The van der Waals surface area contributed by atoms with Crippen LogP contribution in [0.3, 0.4) is 0 Å². The van der Waals surface area contributed by atoms with Crippen LogP contribution >= 0.6 is 0 Å². The van der Waals surface area contributed by atoms with Crippen LogP contribution in [0.25, 0.3) is 0 Å². The van der Waals surface area contributed by atoms with Gasteiger partial charge in [-0.25, -0.2) is 13.2 Å². The van der Waals surface area contributed by atoms with Gasteiger partial charge in [-0.05, 0) is 44.4 Å². The average molecular weight is 381 g/mol. The molecule has 3 rings (SSSR count). The molecule has 1 aromatic carbocycles. The molecule has 2 saturated heterocycles. The average Bonchev–Trinajstić information content (AvgIpc) is 2.88. The summed E-state index contributed by atoms with van der Waals surface area (Å²) in [5.74, 6) is 0.140. The van der Waals surface area contributed by atoms with Crippen LogP contribution in [0.1, 0.15) is 18.4 Å². The summed E-state index contributed by atoms with van der Waals surface area (Å²) in [4.78, 5) is 14.1. The van der Waals surface area contributed by atoms with Gasteiger partial charge in [0.1, 0.15) is 0 Å². The zero-order chi connectivity index (χ0) is 18.7. The van der Waals surface area contributed by atoms with Crippen molar-refractivity contribution in [2.75, 3.05) is 36.5 Å². The van der Waals surface area contributed by atoms with Crippen molar-refractivity contribution in [1.29, 1.82) is 0 Å². The first-order valence-corrected chi connectivity index (χ1v) is 10.9. The van der Waals surface area contributed by atoms with Crippen LogP contribution < -0.4 is 10.6 Å². The number of hydrogen-bond acceptors (Lipinski definition) is 5. The SMILES string of the molecule is Cc1ccc(NC(=O)NCC2CCCN(C3CS(=O)(=O)C[C@H]3O)C2)cc1. The van der Waals surface area contributed by atoms with Crippen LogP contribution in [0.5, 0.6) is 0 Å². The molecule has 3 N–H and O–H groups in total. The maximum absolute atomic E-state index is 12.1. The lowest BCUT2D eigenvalue weighted by atomic mass is 9.96. The Morgan fingerprint density at radius 1 is 1.27 bits per heavy atom. The highest BCUT2D eigenvalue weighted by atomic mass is 32.2. The Kier molecular flexibility index (Phi) is 5.84. The van der Waals surface area contributed by atoms with Crippen LogP contribution in [0.4, 0.5) is 10.5 Å². The van der Waals surface area contributed by atoms with Gasteiger partial charge >= 0.3 is 6.03 Å². The number of urea groups is 1. The highest BCUT2D eigenvalue weighted by Gasteiger charge is 2.41. The summed E-state index contributed by atoms with van der Waals surface area (Å²) in [5, 5.41) is 15.8. The second-order valence-corrected chi connectivity index (χ2v) is 9.57. The Balaban J connectivity index is 1.48. The molecule has 0 radical (unpaired) electrons. The second-order valence-electron chi connectivity index (χ2n) is 7.42. The molecule has 2 aliphatic heterocycles. The second kappa shape index (κ2) is 7.94. The molecule has 3 atom stereocenters. The zero-order valence-corrected chi connectivity index (χ0v) is 15.8. The fourth-order valence-electron chi connectivity index (χ4n) is 3.77. The molecule has 0 saturated carbocycles. The lowest BCUT2D eigenvalue weighted by Crippen LogP contribution is -2.50. The maximum Gasteiger partial charge on any atom is 0.319 e. The van der Waals surface area contributed by atoms with Crippen LogP contribution in [-0.2, 0) is 9.84 Å². The molecule has 0 bridgehead atoms. The molecule has 26 heavy (non-hydrogen) atoms. The number of benzene rings is 1. The van der Waals surface area contributed by atoms with E-state index in [0.29, 0.717) is 13.1 Å². The third kappa shape index (κ3) is 4.96. The summed E-state index contributed by atoms with van der Waals surface area (Å²) < 4.78 is 23.5. The highest BCUT2D eigenvalue weighted by Crippen LogP contribution is 2.24. The molecule has 7 nitrogen and oxygen atoms in total. The standard InChI is InChI=1S/C18H27N3O4S/c1-13-4-6-15(7-5-13)20-18(23)19-9-14-3-2-8-21(10-14)16-11-26(24,25)12-17(16)22/h4-7,14,16-17,22H,2-3,8-12H2,1H3,(H2,19,20,23)/t14?,16?,17-/m1/s1. The first kappa shape index (κ1) is 19.1. The van der Waals surface area contributed by atoms with Gasteiger partial charge in [-0.2, -0.15) is 0 Å². The lowest BCUT2D eigenvalue weighted by molar-refractivity contribution is 0.0539. The minimum atomic E-state index is -3.15. The van der Waals surface area contributed by atoms with Crippen molar-refractivity contribution < 1.29 is 18.3 Å². The molecule has 0 spiro atoms. The van der Waals surface area contributed by atoms with E-state index < -0.39 is 15.9 Å².